The summed E-state index contributed by atoms with van der Waals surface area (Å²) in [5, 5.41) is 5.10. The smallest absolute Gasteiger partial charge is 0.165 e. The molecule has 12 heteroatoms. The number of benzene rings is 16. The molecule has 0 amide bonds. The molecule has 0 fully saturated rings. The molecule has 0 saturated carbocycles. The maximum atomic E-state index is 5.10. The van der Waals surface area contributed by atoms with E-state index in [9.17, 15) is 0 Å². The molecule has 0 spiro atoms. The predicted molar refractivity (Wildman–Crippen MR) is 546 cm³/mol. The van der Waals surface area contributed by atoms with Crippen LogP contribution >= 0.6 is 0 Å². The van der Waals surface area contributed by atoms with Crippen molar-refractivity contribution in [3.8, 4) is 170 Å². The lowest BCUT2D eigenvalue weighted by atomic mass is 9.67. The van der Waals surface area contributed by atoms with Crippen molar-refractivity contribution in [2.45, 2.75) is 43.9 Å². The molecule has 6 heterocycles. The quantitative estimate of drug-likeness (QED) is 0.102. The Morgan fingerprint density at radius 3 is 1.05 bits per heavy atom. The zero-order chi connectivity index (χ0) is 90.6. The van der Waals surface area contributed by atoms with Gasteiger partial charge in [-0.25, -0.2) is 44.9 Å². The number of hydrogen-bond acceptors (Lipinski definition) is 12. The Morgan fingerprint density at radius 2 is 0.541 bits per heavy atom. The minimum absolute atomic E-state index is 0.0940. The van der Waals surface area contributed by atoms with Gasteiger partial charge in [0.2, 0.25) is 0 Å². The fraction of sp³-hybridized carbons (Fsp3) is 0.0569. The minimum Gasteiger partial charge on any atom is -0.265 e. The van der Waals surface area contributed by atoms with Gasteiger partial charge in [-0.15, -0.1) is 0 Å². The second-order valence-electron chi connectivity index (χ2n) is 35.4. The standard InChI is InChI=1S/C45H30N4.2C39H28N4/c1-4-14-32(15-5-1)42-47-43(33-25-23-31(24-26-33)41-22-12-13-29-46-41)49-44(48-42)34-27-28-40-38(30-34)37-20-10-11-21-39(37)45(40,35-16-6-2-7-17-35)36-18-8-3-9-19-36;1-39(2)33-21-18-28(23-32(33)31-20-17-25-11-9-10-16-30(25)35(31)39)37-41-36(27-14-7-4-8-15-27)42-38(43-37)29-19-22-34(40-24-29)26-12-5-3-6-13-26;1-39(2)33-18-17-30(24-32(33)35-31-11-7-6-8-27(31)16-19-34(35)39)38-42-36(28-9-4-3-5-10-28)41-37(43-38)29-14-12-25(13-15-29)26-20-22-40-23-21-26/h1-30H;2*3-24H,1-2H3. The van der Waals surface area contributed by atoms with E-state index < -0.39 is 5.41 Å². The predicted octanol–water partition coefficient (Wildman–Crippen LogP) is 29.1. The molecule has 12 nitrogen and oxygen atoms in total. The SMILES string of the molecule is CC1(C)c2ccc(-c3nc(-c4ccccc4)nc(-c4ccc(-c5ccccc5)nc4)n3)cc2-c2ccc3ccccc3c21.CC1(C)c2ccc(-c3nc(-c4ccccc4)nc(-c4ccc(-c5ccncc5)cc4)n3)cc2-c2c1ccc1ccccc21.c1ccc(-c2nc(-c3ccc(-c4ccccn4)cc3)nc(-c3ccc4c(c3)-c3ccccc3C4(c3ccccc3)c3ccccc3)n2)cc1. The van der Waals surface area contributed by atoms with Crippen LogP contribution in [0.1, 0.15) is 72.2 Å². The molecule has 0 radical (unpaired) electrons. The zero-order valence-electron chi connectivity index (χ0n) is 74.6. The Labute approximate surface area is 783 Å². The summed E-state index contributed by atoms with van der Waals surface area (Å²) in [5.74, 6) is 5.75. The first-order chi connectivity index (χ1) is 66.4. The number of nitrogens with zero attached hydrogens (tertiary/aromatic N) is 12. The first kappa shape index (κ1) is 82.0. The lowest BCUT2D eigenvalue weighted by Crippen LogP contribution is -2.28. The molecule has 0 bridgehead atoms. The normalized spacial score (nSPS) is 12.9. The lowest BCUT2D eigenvalue weighted by molar-refractivity contribution is 0.661. The molecule has 0 aliphatic heterocycles. The third kappa shape index (κ3) is 15.1. The van der Waals surface area contributed by atoms with Gasteiger partial charge in [-0.05, 0) is 165 Å². The van der Waals surface area contributed by atoms with Crippen molar-refractivity contribution in [3.05, 3.63) is 494 Å². The van der Waals surface area contributed by atoms with Gasteiger partial charge in [0.1, 0.15) is 0 Å². The van der Waals surface area contributed by atoms with E-state index in [1.54, 1.807) is 0 Å². The third-order valence-corrected chi connectivity index (χ3v) is 26.7. The van der Waals surface area contributed by atoms with Gasteiger partial charge in [-0.1, -0.05) is 398 Å². The summed E-state index contributed by atoms with van der Waals surface area (Å²) in [6, 6.07) is 148. The summed E-state index contributed by atoms with van der Waals surface area (Å²) < 4.78 is 0. The van der Waals surface area contributed by atoms with E-state index in [0.717, 1.165) is 83.7 Å². The number of rotatable bonds is 14. The zero-order valence-corrected chi connectivity index (χ0v) is 74.6. The van der Waals surface area contributed by atoms with Gasteiger partial charge < -0.3 is 0 Å². The van der Waals surface area contributed by atoms with Crippen LogP contribution in [0, 0.1) is 0 Å². The monoisotopic (exact) mass is 1730 g/mol. The van der Waals surface area contributed by atoms with Crippen LogP contribution in [-0.2, 0) is 16.2 Å². The molecule has 0 N–H and O–H groups in total. The molecular weight excluding hydrogens is 1650 g/mol. The molecule has 638 valence electrons. The van der Waals surface area contributed by atoms with Crippen molar-refractivity contribution >= 4 is 21.5 Å². The molecule has 135 heavy (non-hydrogen) atoms. The Hall–Kier alpha value is -17.5. The maximum Gasteiger partial charge on any atom is 0.165 e. The van der Waals surface area contributed by atoms with Gasteiger partial charge in [-0.3, -0.25) is 15.0 Å². The van der Waals surface area contributed by atoms with Gasteiger partial charge in [-0.2, -0.15) is 0 Å². The Kier molecular flexibility index (Phi) is 20.9. The first-order valence-electron chi connectivity index (χ1n) is 45.6. The second-order valence-corrected chi connectivity index (χ2v) is 35.4. The fourth-order valence-electron chi connectivity index (χ4n) is 20.0. The van der Waals surface area contributed by atoms with E-state index in [1.165, 1.54) is 99.4 Å². The lowest BCUT2D eigenvalue weighted by Gasteiger charge is -2.33. The summed E-state index contributed by atoms with van der Waals surface area (Å²) in [7, 11) is 0. The summed E-state index contributed by atoms with van der Waals surface area (Å²) in [4.78, 5) is 58.4. The topological polar surface area (TPSA) is 155 Å². The van der Waals surface area contributed by atoms with Crippen LogP contribution in [0.3, 0.4) is 0 Å². The number of pyridine rings is 3. The van der Waals surface area contributed by atoms with Crippen LogP contribution < -0.4 is 0 Å². The van der Waals surface area contributed by atoms with Gasteiger partial charge >= 0.3 is 0 Å². The van der Waals surface area contributed by atoms with Gasteiger partial charge in [0.25, 0.3) is 0 Å². The maximum absolute atomic E-state index is 5.10. The average molecular weight is 1730 g/mol. The molecule has 0 unspecified atom stereocenters. The van der Waals surface area contributed by atoms with E-state index >= 15 is 0 Å². The van der Waals surface area contributed by atoms with Crippen LogP contribution in [0.25, 0.3) is 191 Å². The first-order valence-corrected chi connectivity index (χ1v) is 45.6. The van der Waals surface area contributed by atoms with E-state index in [2.05, 4.69) is 311 Å². The van der Waals surface area contributed by atoms with E-state index in [4.69, 9.17) is 49.8 Å². The van der Waals surface area contributed by atoms with Crippen molar-refractivity contribution in [1.82, 2.24) is 59.8 Å². The summed E-state index contributed by atoms with van der Waals surface area (Å²) in [5.41, 5.74) is 31.8. The van der Waals surface area contributed by atoms with Crippen molar-refractivity contribution in [2.75, 3.05) is 0 Å². The van der Waals surface area contributed by atoms with Gasteiger partial charge in [0, 0.05) is 96.8 Å². The van der Waals surface area contributed by atoms with Crippen molar-refractivity contribution in [3.63, 3.8) is 0 Å². The third-order valence-electron chi connectivity index (χ3n) is 26.7. The van der Waals surface area contributed by atoms with E-state index in [1.807, 2.05) is 176 Å². The number of fused-ring (bicyclic) bond motifs is 13. The van der Waals surface area contributed by atoms with E-state index in [0.29, 0.717) is 52.4 Å². The summed E-state index contributed by atoms with van der Waals surface area (Å²) in [6.45, 7) is 9.28. The van der Waals surface area contributed by atoms with Crippen LogP contribution in [0.4, 0.5) is 0 Å². The minimum atomic E-state index is -0.457. The van der Waals surface area contributed by atoms with Crippen molar-refractivity contribution in [1.29, 1.82) is 0 Å². The molecular formula is C123H86N12. The number of hydrogen-bond donors (Lipinski definition) is 0. The van der Waals surface area contributed by atoms with Crippen LogP contribution in [0.2, 0.25) is 0 Å². The molecule has 3 aliphatic rings. The Bertz CT molecular complexity index is 8180. The summed E-state index contributed by atoms with van der Waals surface area (Å²) in [6.07, 6.45) is 7.29. The molecule has 16 aromatic carbocycles. The molecule has 0 atom stereocenters. The Morgan fingerprint density at radius 1 is 0.193 bits per heavy atom. The highest BCUT2D eigenvalue weighted by Crippen LogP contribution is 2.58. The molecule has 3 aliphatic carbocycles. The average Bonchev–Trinajstić information content (AvgIpc) is 1.54. The van der Waals surface area contributed by atoms with Crippen LogP contribution in [-0.4, -0.2) is 59.8 Å². The highest BCUT2D eigenvalue weighted by Gasteiger charge is 2.47. The summed E-state index contributed by atoms with van der Waals surface area (Å²) >= 11 is 0. The molecule has 25 rings (SSSR count). The highest BCUT2D eigenvalue weighted by molar-refractivity contribution is 6.04. The van der Waals surface area contributed by atoms with Crippen molar-refractivity contribution < 1.29 is 0 Å². The van der Waals surface area contributed by atoms with E-state index in [-0.39, 0.29) is 10.8 Å². The molecule has 22 aromatic rings. The van der Waals surface area contributed by atoms with Crippen LogP contribution in [0.5, 0.6) is 0 Å². The van der Waals surface area contributed by atoms with Crippen molar-refractivity contribution in [2.24, 2.45) is 0 Å². The Balaban J connectivity index is 0.000000114. The highest BCUT2D eigenvalue weighted by atomic mass is 15.1. The fourth-order valence-corrected chi connectivity index (χ4v) is 20.0. The molecule has 6 aromatic heterocycles. The number of aromatic nitrogens is 12. The largest absolute Gasteiger partial charge is 0.265 e. The van der Waals surface area contributed by atoms with Gasteiger partial charge in [0.15, 0.2) is 52.4 Å². The molecule has 0 saturated heterocycles. The van der Waals surface area contributed by atoms with Gasteiger partial charge in [0.05, 0.1) is 16.8 Å². The van der Waals surface area contributed by atoms with Crippen LogP contribution in [0.15, 0.2) is 449 Å². The second kappa shape index (κ2) is 34.4.